The highest BCUT2D eigenvalue weighted by atomic mass is 17.0. The number of rotatable bonds is 0. The van der Waals surface area contributed by atoms with Crippen LogP contribution in [0, 0.1) is 19.9 Å². The Balaban J connectivity index is -0.00000000356. The van der Waals surface area contributed by atoms with Crippen molar-refractivity contribution in [3.8, 4) is 0 Å². The Bertz CT molecular complexity index is 11.3. The second kappa shape index (κ2) is 634. The van der Waals surface area contributed by atoms with Crippen LogP contribution >= 0.6 is 0 Å². The highest BCUT2D eigenvalue weighted by Gasteiger charge is 0.748. The zero-order valence-electron chi connectivity index (χ0n) is 3.42. The van der Waals surface area contributed by atoms with Gasteiger partial charge in [-0.2, -0.15) is 0 Å². The molecule has 8 nitrogen and oxygen atoms in total. The molecule has 0 amide bonds. The first kappa shape index (κ1) is 88.8. The van der Waals surface area contributed by atoms with Gasteiger partial charge in [-0.3, -0.25) is 21.0 Å². The number of hydrogen-bond donors (Lipinski definition) is 4. The molecule has 0 aromatic heterocycles. The predicted octanol–water partition coefficient (Wildman–Crippen LogP) is 2.08. The molecule has 0 fully saturated rings. The summed E-state index contributed by atoms with van der Waals surface area (Å²) >= 11 is 0. The molecule has 0 spiro atoms. The maximum absolute atomic E-state index is 7.00. The molecule has 0 saturated heterocycles. The van der Waals surface area contributed by atoms with Gasteiger partial charge in [0.25, 0.3) is 0 Å². The van der Waals surface area contributed by atoms with Crippen LogP contribution in [0.2, 0.25) is 0 Å². The van der Waals surface area contributed by atoms with Gasteiger partial charge >= 0.3 is 0 Å². The highest BCUT2D eigenvalue weighted by molar-refractivity contribution is 4.08. The van der Waals surface area contributed by atoms with E-state index >= 15 is 0 Å². The second-order valence-electron chi connectivity index (χ2n) is 0. The van der Waals surface area contributed by atoms with Crippen LogP contribution in [0.15, 0.2) is 0 Å². The van der Waals surface area contributed by atoms with Crippen molar-refractivity contribution in [3.63, 3.8) is 0 Å². The molecule has 0 rings (SSSR count). The largest absolute Gasteiger partial charge is 0.255 e. The summed E-state index contributed by atoms with van der Waals surface area (Å²) in [6, 6.07) is 0. The van der Waals surface area contributed by atoms with Gasteiger partial charge in [0.1, 0.15) is 0 Å². The van der Waals surface area contributed by atoms with Crippen LogP contribution in [0.4, 0.5) is 0 Å². The van der Waals surface area contributed by atoms with Gasteiger partial charge in [0.15, 0.2) is 0 Å². The molecular formula is C3H16O8. The third-order valence-corrected chi connectivity index (χ3v) is 0. The maximum Gasteiger partial charge on any atom is 0 e. The van der Waals surface area contributed by atoms with Gasteiger partial charge in [0, 0.05) is 19.9 Å². The summed E-state index contributed by atoms with van der Waals surface area (Å²) in [5, 5.41) is 24.0. The predicted molar refractivity (Wildman–Crippen MR) is 44.2 cm³/mol. The Hall–Kier alpha value is -0.960. The average molecular weight is 180 g/mol. The van der Waals surface area contributed by atoms with Crippen LogP contribution in [-0.4, -0.2) is 21.0 Å². The molecule has 8 heteroatoms. The topological polar surface area (TPSA) is 149 Å². The first-order valence-electron chi connectivity index (χ1n) is 0.733. The van der Waals surface area contributed by atoms with E-state index in [9.17, 15) is 0 Å². The molecule has 0 aliphatic carbocycles. The maximum atomic E-state index is 7.00. The van der Waals surface area contributed by atoms with E-state index in [2.05, 4.69) is 0 Å². The third kappa shape index (κ3) is 486. The minimum Gasteiger partial charge on any atom is -0.255 e. The lowest BCUT2D eigenvalue weighted by Gasteiger charge is -1.25. The normalized spacial score (nSPS) is 1.82. The average Bonchev–Trinajstić information content (AvgIpc) is 2.03. The standard InChI is InChI=1S/3CH4.2H2O2.2O2/c;;;4*1-2/h3*1H4;2*1-2H;;. The van der Waals surface area contributed by atoms with E-state index in [1.807, 2.05) is 0 Å². The summed E-state index contributed by atoms with van der Waals surface area (Å²) in [6.07, 6.45) is 0. The van der Waals surface area contributed by atoms with Crippen molar-refractivity contribution in [2.24, 2.45) is 0 Å². The molecule has 0 radical (unpaired) electrons. The fourth-order valence-electron chi connectivity index (χ4n) is 0. The molecule has 0 unspecified atom stereocenters. The summed E-state index contributed by atoms with van der Waals surface area (Å²) in [5.74, 6) is 0. The zero-order chi connectivity index (χ0) is 8.00. The second-order valence-corrected chi connectivity index (χ2v) is 0. The molecule has 0 saturated carbocycles. The summed E-state index contributed by atoms with van der Waals surface area (Å²) in [5.41, 5.74) is 0. The van der Waals surface area contributed by atoms with Crippen molar-refractivity contribution in [2.45, 2.75) is 22.3 Å². The van der Waals surface area contributed by atoms with Gasteiger partial charge in [-0.15, -0.1) is 0 Å². The molecular weight excluding hydrogens is 164 g/mol. The third-order valence-electron chi connectivity index (χ3n) is 0. The molecule has 0 atom stereocenters. The lowest BCUT2D eigenvalue weighted by molar-refractivity contribution is -0.176. The van der Waals surface area contributed by atoms with E-state index < -0.39 is 0 Å². The van der Waals surface area contributed by atoms with E-state index in [0.717, 1.165) is 0 Å². The van der Waals surface area contributed by atoms with E-state index in [0.29, 0.717) is 0 Å². The molecule has 76 valence electrons. The van der Waals surface area contributed by atoms with Gasteiger partial charge in [-0.05, 0) is 0 Å². The molecule has 0 aliphatic heterocycles. The van der Waals surface area contributed by atoms with Crippen LogP contribution in [0.1, 0.15) is 22.3 Å². The lowest BCUT2D eigenvalue weighted by atomic mass is 12.0. The summed E-state index contributed by atoms with van der Waals surface area (Å²) in [6.45, 7) is 0. The van der Waals surface area contributed by atoms with Crippen LogP contribution in [-0.2, 0) is 0 Å². The monoisotopic (exact) mass is 180 g/mol. The molecule has 11 heavy (non-hydrogen) atoms. The Morgan fingerprint density at radius 1 is 0.455 bits per heavy atom. The van der Waals surface area contributed by atoms with Crippen LogP contribution < -0.4 is 0 Å². The SMILES string of the molecule is C.C.C.O=O.O=O.OO.OO. The fraction of sp³-hybridized carbons (Fsp3) is 1.00. The fourth-order valence-corrected chi connectivity index (χ4v) is 0. The minimum atomic E-state index is 0. The van der Waals surface area contributed by atoms with E-state index in [1.165, 1.54) is 0 Å². The van der Waals surface area contributed by atoms with Gasteiger partial charge < -0.3 is 0 Å². The molecule has 0 aromatic carbocycles. The van der Waals surface area contributed by atoms with Crippen LogP contribution in [0.5, 0.6) is 0 Å². The molecule has 0 heterocycles. The summed E-state index contributed by atoms with van der Waals surface area (Å²) in [4.78, 5) is 28.0. The van der Waals surface area contributed by atoms with E-state index in [4.69, 9.17) is 40.9 Å². The van der Waals surface area contributed by atoms with Gasteiger partial charge in [-0.1, -0.05) is 22.3 Å². The zero-order valence-corrected chi connectivity index (χ0v) is 3.42. The summed E-state index contributed by atoms with van der Waals surface area (Å²) in [7, 11) is 0. The van der Waals surface area contributed by atoms with Crippen LogP contribution in [0.25, 0.3) is 0 Å². The van der Waals surface area contributed by atoms with E-state index in [1.54, 1.807) is 0 Å². The molecule has 4 N–H and O–H groups in total. The van der Waals surface area contributed by atoms with Crippen molar-refractivity contribution < 1.29 is 21.0 Å². The van der Waals surface area contributed by atoms with Crippen molar-refractivity contribution in [1.82, 2.24) is 0 Å². The molecule has 0 aliphatic rings. The quantitative estimate of drug-likeness (QED) is 0.326. The Kier molecular flexibility index (Phi) is 5120. The van der Waals surface area contributed by atoms with Crippen molar-refractivity contribution in [2.75, 3.05) is 0 Å². The summed E-state index contributed by atoms with van der Waals surface area (Å²) < 4.78 is 0. The minimum absolute atomic E-state index is 0. The van der Waals surface area contributed by atoms with Crippen molar-refractivity contribution >= 4 is 0 Å². The van der Waals surface area contributed by atoms with Crippen molar-refractivity contribution in [1.29, 1.82) is 0 Å². The number of hydrogen-bond acceptors (Lipinski definition) is 8. The first-order valence-corrected chi connectivity index (χ1v) is 0.733. The van der Waals surface area contributed by atoms with Gasteiger partial charge in [-0.25, -0.2) is 0 Å². The van der Waals surface area contributed by atoms with Gasteiger partial charge in [0.05, 0.1) is 0 Å². The van der Waals surface area contributed by atoms with Crippen LogP contribution in [0.3, 0.4) is 0 Å². The Morgan fingerprint density at radius 3 is 0.455 bits per heavy atom. The smallest absolute Gasteiger partial charge is 0 e. The highest BCUT2D eigenvalue weighted by Crippen LogP contribution is 0.743. The van der Waals surface area contributed by atoms with E-state index in [-0.39, 0.29) is 22.3 Å². The first-order chi connectivity index (χ1) is 4.00. The molecule has 0 aromatic rings. The van der Waals surface area contributed by atoms with Gasteiger partial charge in [0.2, 0.25) is 0 Å². The Labute approximate surface area is 64.4 Å². The van der Waals surface area contributed by atoms with Crippen molar-refractivity contribution in [3.05, 3.63) is 19.9 Å². The lowest BCUT2D eigenvalue weighted by Crippen LogP contribution is -1.29. The Morgan fingerprint density at radius 2 is 0.455 bits per heavy atom. The molecule has 0 bridgehead atoms.